The van der Waals surface area contributed by atoms with Crippen molar-refractivity contribution in [2.45, 2.75) is 0 Å². The minimum Gasteiger partial charge on any atom is -0.478 e. The van der Waals surface area contributed by atoms with E-state index in [1.807, 2.05) is 24.5 Å². The van der Waals surface area contributed by atoms with Crippen LogP contribution in [0.2, 0.25) is 0 Å². The molecule has 3 heteroatoms. The Hall–Kier alpha value is -2.29. The molecule has 82 valence electrons. The van der Waals surface area contributed by atoms with Crippen LogP contribution in [0.5, 0.6) is 0 Å². The zero-order valence-corrected chi connectivity index (χ0v) is 8.76. The standard InChI is InChI=1S/C10H9N.C3H4O2/c1-2-4-10-6-8-11-7-5-9(10)3-1;1-2-3(4)5/h1-8,11H;2H,1H2,(H,4,5). The number of rotatable bonds is 1. The molecule has 0 fully saturated rings. The Morgan fingerprint density at radius 1 is 1.19 bits per heavy atom. The van der Waals surface area contributed by atoms with Crippen molar-refractivity contribution in [1.82, 2.24) is 5.32 Å². The Kier molecular flexibility index (Phi) is 4.60. The van der Waals surface area contributed by atoms with Crippen LogP contribution < -0.4 is 5.32 Å². The molecule has 1 aliphatic heterocycles. The molecule has 16 heavy (non-hydrogen) atoms. The van der Waals surface area contributed by atoms with Gasteiger partial charge in [0.05, 0.1) is 0 Å². The van der Waals surface area contributed by atoms with Crippen LogP contribution in [-0.4, -0.2) is 11.1 Å². The molecular formula is C13H13NO2. The topological polar surface area (TPSA) is 49.3 Å². The van der Waals surface area contributed by atoms with Gasteiger partial charge in [-0.25, -0.2) is 4.79 Å². The first-order chi connectivity index (χ1) is 7.74. The normalized spacial score (nSPS) is 11.2. The van der Waals surface area contributed by atoms with Gasteiger partial charge in [0.1, 0.15) is 0 Å². The van der Waals surface area contributed by atoms with Gasteiger partial charge >= 0.3 is 5.97 Å². The molecule has 3 nitrogen and oxygen atoms in total. The molecule has 1 aromatic carbocycles. The second kappa shape index (κ2) is 6.24. The lowest BCUT2D eigenvalue weighted by molar-refractivity contribution is -0.131. The molecule has 0 radical (unpaired) electrons. The Morgan fingerprint density at radius 2 is 1.62 bits per heavy atom. The quantitative estimate of drug-likeness (QED) is 0.707. The van der Waals surface area contributed by atoms with E-state index in [9.17, 15) is 4.79 Å². The summed E-state index contributed by atoms with van der Waals surface area (Å²) in [5, 5.41) is 10.6. The average Bonchev–Trinajstić information content (AvgIpc) is 2.54. The lowest BCUT2D eigenvalue weighted by Gasteiger charge is -1.95. The van der Waals surface area contributed by atoms with Gasteiger partial charge in [0.15, 0.2) is 0 Å². The summed E-state index contributed by atoms with van der Waals surface area (Å²) in [7, 11) is 0. The zero-order chi connectivity index (χ0) is 11.8. The summed E-state index contributed by atoms with van der Waals surface area (Å²) in [6.07, 6.45) is 8.83. The van der Waals surface area contributed by atoms with Crippen molar-refractivity contribution in [3.05, 3.63) is 60.4 Å². The van der Waals surface area contributed by atoms with Crippen molar-refractivity contribution < 1.29 is 9.90 Å². The van der Waals surface area contributed by atoms with E-state index in [1.54, 1.807) is 0 Å². The van der Waals surface area contributed by atoms with Crippen LogP contribution in [0.15, 0.2) is 49.3 Å². The van der Waals surface area contributed by atoms with E-state index in [0.717, 1.165) is 6.08 Å². The molecule has 1 aliphatic rings. The second-order valence-corrected chi connectivity index (χ2v) is 3.00. The summed E-state index contributed by atoms with van der Waals surface area (Å²) in [6.45, 7) is 2.96. The van der Waals surface area contributed by atoms with Gasteiger partial charge in [0.25, 0.3) is 0 Å². The predicted octanol–water partition coefficient (Wildman–Crippen LogP) is 2.49. The SMILES string of the molecule is C1=Cc2ccccc2C=CN1.C=CC(=O)O. The van der Waals surface area contributed by atoms with Crippen molar-refractivity contribution >= 4 is 18.1 Å². The summed E-state index contributed by atoms with van der Waals surface area (Å²) in [6, 6.07) is 8.29. The number of hydrogen-bond acceptors (Lipinski definition) is 2. The fourth-order valence-corrected chi connectivity index (χ4v) is 1.15. The van der Waals surface area contributed by atoms with Crippen molar-refractivity contribution in [3.63, 3.8) is 0 Å². The van der Waals surface area contributed by atoms with Gasteiger partial charge in [-0.05, 0) is 23.3 Å². The third-order valence-corrected chi connectivity index (χ3v) is 1.89. The van der Waals surface area contributed by atoms with Crippen LogP contribution in [-0.2, 0) is 4.79 Å². The van der Waals surface area contributed by atoms with Crippen LogP contribution in [0.25, 0.3) is 12.2 Å². The van der Waals surface area contributed by atoms with E-state index in [2.05, 4.69) is 36.2 Å². The number of carboxylic acid groups (broad SMARTS) is 1. The molecule has 1 heterocycles. The van der Waals surface area contributed by atoms with Gasteiger partial charge in [0.2, 0.25) is 0 Å². The Balaban J connectivity index is 0.000000221. The van der Waals surface area contributed by atoms with E-state index in [4.69, 9.17) is 5.11 Å². The first kappa shape index (κ1) is 11.8. The maximum Gasteiger partial charge on any atom is 0.327 e. The first-order valence-corrected chi connectivity index (χ1v) is 4.77. The maximum absolute atomic E-state index is 9.25. The average molecular weight is 215 g/mol. The Labute approximate surface area is 94.4 Å². The third-order valence-electron chi connectivity index (χ3n) is 1.89. The molecule has 0 atom stereocenters. The van der Waals surface area contributed by atoms with Crippen LogP contribution in [0.3, 0.4) is 0 Å². The van der Waals surface area contributed by atoms with Gasteiger partial charge in [-0.2, -0.15) is 0 Å². The Morgan fingerprint density at radius 3 is 2.00 bits per heavy atom. The Bertz CT molecular complexity index is 402. The molecular weight excluding hydrogens is 202 g/mol. The maximum atomic E-state index is 9.25. The molecule has 0 aromatic heterocycles. The smallest absolute Gasteiger partial charge is 0.327 e. The first-order valence-electron chi connectivity index (χ1n) is 4.77. The summed E-state index contributed by atoms with van der Waals surface area (Å²) >= 11 is 0. The molecule has 0 unspecified atom stereocenters. The van der Waals surface area contributed by atoms with Gasteiger partial charge in [-0.3, -0.25) is 0 Å². The number of nitrogens with one attached hydrogen (secondary N) is 1. The van der Waals surface area contributed by atoms with E-state index >= 15 is 0 Å². The molecule has 0 saturated heterocycles. The lowest BCUT2D eigenvalue weighted by atomic mass is 10.1. The summed E-state index contributed by atoms with van der Waals surface area (Å²) in [4.78, 5) is 9.25. The fourth-order valence-electron chi connectivity index (χ4n) is 1.15. The minimum atomic E-state index is -0.981. The van der Waals surface area contributed by atoms with Gasteiger partial charge < -0.3 is 10.4 Å². The molecule has 0 amide bonds. The summed E-state index contributed by atoms with van der Waals surface area (Å²) in [5.74, 6) is -0.981. The van der Waals surface area contributed by atoms with Gasteiger partial charge in [-0.1, -0.05) is 30.8 Å². The minimum absolute atomic E-state index is 0.833. The van der Waals surface area contributed by atoms with E-state index in [0.29, 0.717) is 0 Å². The molecule has 2 N–H and O–H groups in total. The third kappa shape index (κ3) is 3.84. The molecule has 0 bridgehead atoms. The van der Waals surface area contributed by atoms with Gasteiger partial charge in [-0.15, -0.1) is 0 Å². The fraction of sp³-hybridized carbons (Fsp3) is 0. The molecule has 0 spiro atoms. The second-order valence-electron chi connectivity index (χ2n) is 3.00. The van der Waals surface area contributed by atoms with Crippen molar-refractivity contribution in [2.75, 3.05) is 0 Å². The molecule has 1 aromatic rings. The summed E-state index contributed by atoms with van der Waals surface area (Å²) < 4.78 is 0. The molecule has 0 aliphatic carbocycles. The van der Waals surface area contributed by atoms with Crippen molar-refractivity contribution in [1.29, 1.82) is 0 Å². The van der Waals surface area contributed by atoms with Crippen LogP contribution >= 0.6 is 0 Å². The number of hydrogen-bond donors (Lipinski definition) is 2. The number of benzene rings is 1. The van der Waals surface area contributed by atoms with Crippen LogP contribution in [0.4, 0.5) is 0 Å². The highest BCUT2D eigenvalue weighted by Crippen LogP contribution is 2.13. The molecule has 0 saturated carbocycles. The monoisotopic (exact) mass is 215 g/mol. The van der Waals surface area contributed by atoms with E-state index in [1.165, 1.54) is 11.1 Å². The highest BCUT2D eigenvalue weighted by Gasteiger charge is 1.94. The zero-order valence-electron chi connectivity index (χ0n) is 8.76. The van der Waals surface area contributed by atoms with Crippen LogP contribution in [0, 0.1) is 0 Å². The van der Waals surface area contributed by atoms with Crippen molar-refractivity contribution in [3.8, 4) is 0 Å². The number of fused-ring (bicyclic) bond motifs is 1. The van der Waals surface area contributed by atoms with Crippen LogP contribution in [0.1, 0.15) is 11.1 Å². The number of carboxylic acids is 1. The highest BCUT2D eigenvalue weighted by atomic mass is 16.4. The number of carbonyl (C=O) groups is 1. The number of aliphatic carboxylic acids is 1. The van der Waals surface area contributed by atoms with E-state index in [-0.39, 0.29) is 0 Å². The van der Waals surface area contributed by atoms with E-state index < -0.39 is 5.97 Å². The highest BCUT2D eigenvalue weighted by molar-refractivity contribution is 5.78. The lowest BCUT2D eigenvalue weighted by Crippen LogP contribution is -1.86. The largest absolute Gasteiger partial charge is 0.478 e. The summed E-state index contributed by atoms with van der Waals surface area (Å²) in [5.41, 5.74) is 2.52. The predicted molar refractivity (Wildman–Crippen MR) is 65.5 cm³/mol. The van der Waals surface area contributed by atoms with Crippen molar-refractivity contribution in [2.24, 2.45) is 0 Å². The van der Waals surface area contributed by atoms with Gasteiger partial charge in [0, 0.05) is 18.5 Å². The molecule has 2 rings (SSSR count).